The number of aliphatic hydroxyl groups excluding tert-OH is 1. The van der Waals surface area contributed by atoms with Crippen LogP contribution in [0.25, 0.3) is 10.9 Å². The molecule has 2 amide bonds. The Hall–Kier alpha value is -2.34. The molecular weight excluding hydrogens is 366 g/mol. The van der Waals surface area contributed by atoms with Crippen molar-refractivity contribution in [3.8, 4) is 0 Å². The number of aliphatic hydroxyl groups is 1. The highest BCUT2D eigenvalue weighted by atomic mass is 16.3. The lowest BCUT2D eigenvalue weighted by Crippen LogP contribution is -2.66. The Morgan fingerprint density at radius 1 is 1.21 bits per heavy atom. The fraction of sp³-hybridized carbons (Fsp3) is 0.565. The van der Waals surface area contributed by atoms with Crippen LogP contribution in [-0.4, -0.2) is 63.1 Å². The summed E-state index contributed by atoms with van der Waals surface area (Å²) in [7, 11) is 2.02. The lowest BCUT2D eigenvalue weighted by atomic mass is 9.72. The number of hydrogen-bond acceptors (Lipinski definition) is 3. The Balaban J connectivity index is 1.37. The van der Waals surface area contributed by atoms with Crippen LogP contribution in [0.4, 0.5) is 0 Å². The minimum absolute atomic E-state index is 0.00895. The van der Waals surface area contributed by atoms with E-state index in [4.69, 9.17) is 0 Å². The van der Waals surface area contributed by atoms with Crippen LogP contribution >= 0.6 is 0 Å². The molecule has 0 saturated carbocycles. The number of carbonyl (C=O) groups is 2. The summed E-state index contributed by atoms with van der Waals surface area (Å²) in [5.74, 6) is 0.847. The van der Waals surface area contributed by atoms with Crippen LogP contribution in [0.15, 0.2) is 30.5 Å². The average Bonchev–Trinajstić information content (AvgIpc) is 3.04. The second kappa shape index (κ2) is 7.17. The van der Waals surface area contributed by atoms with Gasteiger partial charge in [-0.15, -0.1) is 0 Å². The van der Waals surface area contributed by atoms with Gasteiger partial charge in [0, 0.05) is 49.7 Å². The highest BCUT2D eigenvalue weighted by Gasteiger charge is 2.49. The summed E-state index contributed by atoms with van der Waals surface area (Å²) in [6.45, 7) is 1.36. The van der Waals surface area contributed by atoms with Gasteiger partial charge in [0.2, 0.25) is 11.8 Å². The van der Waals surface area contributed by atoms with Gasteiger partial charge in [0.25, 0.3) is 0 Å². The van der Waals surface area contributed by atoms with Crippen molar-refractivity contribution in [3.05, 3.63) is 36.0 Å². The van der Waals surface area contributed by atoms with Gasteiger partial charge in [-0.3, -0.25) is 9.59 Å². The van der Waals surface area contributed by atoms with E-state index in [1.54, 1.807) is 0 Å². The third-order valence-electron chi connectivity index (χ3n) is 7.36. The maximum Gasteiger partial charge on any atom is 0.227 e. The number of nitrogens with zero attached hydrogens (tertiary/aromatic N) is 3. The summed E-state index contributed by atoms with van der Waals surface area (Å²) in [5, 5.41) is 11.2. The summed E-state index contributed by atoms with van der Waals surface area (Å²) in [6, 6.07) is 8.23. The molecule has 0 unspecified atom stereocenters. The second-order valence-electron chi connectivity index (χ2n) is 9.02. The van der Waals surface area contributed by atoms with Crippen LogP contribution < -0.4 is 0 Å². The summed E-state index contributed by atoms with van der Waals surface area (Å²) in [6.07, 6.45) is 5.98. The van der Waals surface area contributed by atoms with Crippen LogP contribution in [0.2, 0.25) is 0 Å². The zero-order valence-electron chi connectivity index (χ0n) is 17.0. The van der Waals surface area contributed by atoms with Gasteiger partial charge in [0.05, 0.1) is 19.1 Å². The van der Waals surface area contributed by atoms with Gasteiger partial charge in [-0.2, -0.15) is 0 Å². The summed E-state index contributed by atoms with van der Waals surface area (Å²) >= 11 is 0. The van der Waals surface area contributed by atoms with Gasteiger partial charge in [0.15, 0.2) is 0 Å². The molecule has 3 aliphatic heterocycles. The molecule has 1 N–H and O–H groups in total. The van der Waals surface area contributed by atoms with Crippen molar-refractivity contribution < 1.29 is 14.7 Å². The van der Waals surface area contributed by atoms with Gasteiger partial charge in [-0.25, -0.2) is 0 Å². The lowest BCUT2D eigenvalue weighted by molar-refractivity contribution is -0.158. The zero-order chi connectivity index (χ0) is 20.1. The lowest BCUT2D eigenvalue weighted by Gasteiger charge is -2.56. The monoisotopic (exact) mass is 395 g/mol. The van der Waals surface area contributed by atoms with Crippen molar-refractivity contribution in [2.45, 2.75) is 44.2 Å². The minimum Gasteiger partial charge on any atom is -0.394 e. The number of hydrogen-bond donors (Lipinski definition) is 1. The van der Waals surface area contributed by atoms with E-state index in [1.165, 1.54) is 0 Å². The smallest absolute Gasteiger partial charge is 0.227 e. The first-order valence-electron chi connectivity index (χ1n) is 10.8. The summed E-state index contributed by atoms with van der Waals surface area (Å²) in [5.41, 5.74) is 2.21. The maximum atomic E-state index is 13.2. The summed E-state index contributed by atoms with van der Waals surface area (Å²) in [4.78, 5) is 29.8. The Morgan fingerprint density at radius 2 is 2.00 bits per heavy atom. The Labute approximate surface area is 171 Å². The van der Waals surface area contributed by atoms with E-state index < -0.39 is 0 Å². The molecule has 0 aliphatic carbocycles. The van der Waals surface area contributed by atoms with Crippen molar-refractivity contribution in [2.24, 2.45) is 18.9 Å². The van der Waals surface area contributed by atoms with Crippen molar-refractivity contribution in [1.29, 1.82) is 0 Å². The Kier molecular flexibility index (Phi) is 4.62. The number of aryl methyl sites for hydroxylation is 1. The quantitative estimate of drug-likeness (QED) is 0.864. The van der Waals surface area contributed by atoms with Gasteiger partial charge in [0.1, 0.15) is 0 Å². The Morgan fingerprint density at radius 3 is 2.83 bits per heavy atom. The van der Waals surface area contributed by atoms with E-state index in [1.807, 2.05) is 29.0 Å². The molecule has 5 rings (SSSR count). The van der Waals surface area contributed by atoms with Crippen LogP contribution in [-0.2, 0) is 23.1 Å². The zero-order valence-corrected chi connectivity index (χ0v) is 17.0. The third-order valence-corrected chi connectivity index (χ3v) is 7.36. The highest BCUT2D eigenvalue weighted by Crippen LogP contribution is 2.41. The molecule has 4 heterocycles. The number of amides is 2. The third kappa shape index (κ3) is 3.05. The standard InChI is InChI=1S/C23H29N3O3/c1-24-11-15(18-5-2-3-6-20(18)24)10-23(29)25-12-16-9-17(13-25)21(14-27)26-19(16)7-4-8-22(26)28/h2-3,5-6,11,16-17,19,21,27H,4,7-10,12-14H2,1H3/t16-,17+,19+,21+/m1/s1. The predicted octanol–water partition coefficient (Wildman–Crippen LogP) is 1.94. The summed E-state index contributed by atoms with van der Waals surface area (Å²) < 4.78 is 2.08. The Bertz CT molecular complexity index is 938. The number of fused-ring (bicyclic) bond motifs is 5. The molecule has 2 bridgehead atoms. The first-order valence-corrected chi connectivity index (χ1v) is 10.8. The predicted molar refractivity (Wildman–Crippen MR) is 110 cm³/mol. The molecule has 3 fully saturated rings. The van der Waals surface area contributed by atoms with Crippen molar-refractivity contribution in [2.75, 3.05) is 19.7 Å². The van der Waals surface area contributed by atoms with E-state index in [0.717, 1.165) is 42.3 Å². The van der Waals surface area contributed by atoms with E-state index in [9.17, 15) is 14.7 Å². The number of likely N-dealkylation sites (tertiary alicyclic amines) is 1. The van der Waals surface area contributed by atoms with Crippen molar-refractivity contribution >= 4 is 22.7 Å². The first kappa shape index (κ1) is 18.7. The fourth-order valence-electron chi connectivity index (χ4n) is 6.05. The first-order chi connectivity index (χ1) is 14.1. The fourth-order valence-corrected chi connectivity index (χ4v) is 6.05. The largest absolute Gasteiger partial charge is 0.394 e. The maximum absolute atomic E-state index is 13.2. The van der Waals surface area contributed by atoms with E-state index in [0.29, 0.717) is 25.3 Å². The van der Waals surface area contributed by atoms with E-state index >= 15 is 0 Å². The molecule has 2 aromatic rings. The average molecular weight is 396 g/mol. The molecule has 0 spiro atoms. The topological polar surface area (TPSA) is 65.8 Å². The van der Waals surface area contributed by atoms with Gasteiger partial charge in [-0.05, 0) is 42.7 Å². The van der Waals surface area contributed by atoms with Crippen LogP contribution in [0, 0.1) is 11.8 Å². The number of para-hydroxylation sites is 1. The van der Waals surface area contributed by atoms with Crippen LogP contribution in [0.3, 0.4) is 0 Å². The number of benzene rings is 1. The van der Waals surface area contributed by atoms with Crippen molar-refractivity contribution in [1.82, 2.24) is 14.4 Å². The SMILES string of the molecule is Cn1cc(CC(=O)N2C[C@H]3C[C@@H](C2)[C@H](CO)N2C(=O)CCC[C@@H]32)c2ccccc21. The van der Waals surface area contributed by atoms with E-state index in [-0.39, 0.29) is 36.4 Å². The molecule has 3 aliphatic rings. The van der Waals surface area contributed by atoms with Crippen LogP contribution in [0.1, 0.15) is 31.2 Å². The number of piperidine rings is 3. The molecule has 0 radical (unpaired) electrons. The van der Waals surface area contributed by atoms with E-state index in [2.05, 4.69) is 22.9 Å². The number of aromatic nitrogens is 1. The normalized spacial score (nSPS) is 29.2. The highest BCUT2D eigenvalue weighted by molar-refractivity contribution is 5.89. The second-order valence-corrected chi connectivity index (χ2v) is 9.02. The van der Waals surface area contributed by atoms with Gasteiger partial charge in [-0.1, -0.05) is 18.2 Å². The molecule has 4 atom stereocenters. The minimum atomic E-state index is -0.141. The molecule has 29 heavy (non-hydrogen) atoms. The molecule has 3 saturated heterocycles. The molecule has 1 aromatic carbocycles. The van der Waals surface area contributed by atoms with Crippen LogP contribution in [0.5, 0.6) is 0 Å². The molecule has 154 valence electrons. The molecule has 6 heteroatoms. The molecular formula is C23H29N3O3. The molecule has 6 nitrogen and oxygen atoms in total. The number of rotatable bonds is 3. The number of carbonyl (C=O) groups excluding carboxylic acids is 2. The van der Waals surface area contributed by atoms with Gasteiger partial charge >= 0.3 is 0 Å². The van der Waals surface area contributed by atoms with Crippen molar-refractivity contribution in [3.63, 3.8) is 0 Å². The molecule has 1 aromatic heterocycles. The van der Waals surface area contributed by atoms with Gasteiger partial charge < -0.3 is 19.5 Å².